The van der Waals surface area contributed by atoms with E-state index in [0.717, 1.165) is 28.2 Å². The van der Waals surface area contributed by atoms with Gasteiger partial charge in [-0.2, -0.15) is 0 Å². The number of aromatic carboxylic acids is 1. The van der Waals surface area contributed by atoms with Crippen LogP contribution < -0.4 is 15.0 Å². The zero-order valence-corrected chi connectivity index (χ0v) is 20.1. The van der Waals surface area contributed by atoms with Crippen molar-refractivity contribution in [2.24, 2.45) is 0 Å². The summed E-state index contributed by atoms with van der Waals surface area (Å²) >= 11 is 1.06. The third kappa shape index (κ3) is 2.98. The fourth-order valence-electron chi connectivity index (χ4n) is 4.99. The smallest absolute Gasteiger partial charge is 0.346 e. The second-order valence-corrected chi connectivity index (χ2v) is 9.99. The topological polar surface area (TPSA) is 95.9 Å². The molecular weight excluding hydrogens is 452 g/mol. The van der Waals surface area contributed by atoms with E-state index in [4.69, 9.17) is 4.74 Å². The number of amides is 2. The molecule has 0 saturated carbocycles. The number of hydrogen-bond acceptors (Lipinski definition) is 5. The molecule has 0 aliphatic carbocycles. The monoisotopic (exact) mass is 476 g/mol. The van der Waals surface area contributed by atoms with Crippen LogP contribution in [0.15, 0.2) is 42.5 Å². The number of nitrogens with one attached hydrogen (secondary N) is 1. The molecule has 2 amide bonds. The van der Waals surface area contributed by atoms with Gasteiger partial charge in [-0.25, -0.2) is 4.79 Å². The van der Waals surface area contributed by atoms with Gasteiger partial charge >= 0.3 is 5.97 Å². The van der Waals surface area contributed by atoms with E-state index in [-0.39, 0.29) is 29.0 Å². The average Bonchev–Trinajstić information content (AvgIpc) is 3.30. The summed E-state index contributed by atoms with van der Waals surface area (Å²) in [6.07, 6.45) is -0.0701. The van der Waals surface area contributed by atoms with Crippen LogP contribution >= 0.6 is 11.3 Å². The molecule has 0 radical (unpaired) electrons. The molecule has 7 nitrogen and oxygen atoms in total. The van der Waals surface area contributed by atoms with Crippen molar-refractivity contribution in [2.75, 3.05) is 24.4 Å². The number of ether oxygens (including phenoxy) is 1. The van der Waals surface area contributed by atoms with Crippen LogP contribution in [0.4, 0.5) is 11.4 Å². The van der Waals surface area contributed by atoms with Crippen LogP contribution in [-0.4, -0.2) is 37.0 Å². The summed E-state index contributed by atoms with van der Waals surface area (Å²) in [6.45, 7) is 4.15. The van der Waals surface area contributed by atoms with Gasteiger partial charge in [-0.05, 0) is 40.8 Å². The molecule has 0 saturated heterocycles. The Labute approximate surface area is 201 Å². The van der Waals surface area contributed by atoms with Gasteiger partial charge in [0.05, 0.1) is 24.1 Å². The Balaban J connectivity index is 1.82. The van der Waals surface area contributed by atoms with Gasteiger partial charge in [0.1, 0.15) is 16.0 Å². The molecule has 8 heteroatoms. The van der Waals surface area contributed by atoms with Crippen LogP contribution in [0.5, 0.6) is 5.75 Å². The number of carbonyl (C=O) groups excluding carboxylic acids is 2. The lowest BCUT2D eigenvalue weighted by molar-refractivity contribution is -0.126. The number of nitrogens with zero attached hydrogens (tertiary/aromatic N) is 1. The van der Waals surface area contributed by atoms with Crippen LogP contribution in [0.1, 0.15) is 51.9 Å². The summed E-state index contributed by atoms with van der Waals surface area (Å²) in [4.78, 5) is 41.5. The molecule has 2 aromatic carbocycles. The SMILES string of the molecule is COc1ccc(-c2c(C(=O)O)sc3c2NC(=O)CC32C(=O)N(C)c3ccc(C(C)C)cc32)cc1. The number of rotatable bonds is 4. The molecule has 0 fully saturated rings. The van der Waals surface area contributed by atoms with E-state index in [9.17, 15) is 19.5 Å². The van der Waals surface area contributed by atoms with Crippen molar-refractivity contribution in [2.45, 2.75) is 31.6 Å². The second kappa shape index (κ2) is 7.70. The predicted molar refractivity (Wildman–Crippen MR) is 131 cm³/mol. The zero-order chi connectivity index (χ0) is 24.4. The highest BCUT2D eigenvalue weighted by Gasteiger charge is 2.57. The van der Waals surface area contributed by atoms with Crippen LogP contribution in [-0.2, 0) is 15.0 Å². The lowest BCUT2D eigenvalue weighted by Crippen LogP contribution is -2.45. The largest absolute Gasteiger partial charge is 0.497 e. The van der Waals surface area contributed by atoms with E-state index in [2.05, 4.69) is 19.2 Å². The van der Waals surface area contributed by atoms with Crippen LogP contribution in [0.25, 0.3) is 11.1 Å². The van der Waals surface area contributed by atoms with Gasteiger partial charge in [0, 0.05) is 18.3 Å². The first-order valence-electron chi connectivity index (χ1n) is 11.0. The lowest BCUT2D eigenvalue weighted by atomic mass is 9.73. The van der Waals surface area contributed by atoms with E-state index in [1.54, 1.807) is 43.3 Å². The molecule has 3 heterocycles. The number of carbonyl (C=O) groups is 3. The Morgan fingerprint density at radius 1 is 1.18 bits per heavy atom. The predicted octanol–water partition coefficient (Wildman–Crippen LogP) is 4.85. The molecule has 5 rings (SSSR count). The van der Waals surface area contributed by atoms with E-state index in [0.29, 0.717) is 27.4 Å². The second-order valence-electron chi connectivity index (χ2n) is 8.97. The van der Waals surface area contributed by atoms with Gasteiger partial charge in [-0.1, -0.05) is 38.1 Å². The Hall–Kier alpha value is -3.65. The molecule has 2 aliphatic heterocycles. The summed E-state index contributed by atoms with van der Waals surface area (Å²) in [5.74, 6) is -0.786. The van der Waals surface area contributed by atoms with Crippen LogP contribution in [0.3, 0.4) is 0 Å². The highest BCUT2D eigenvalue weighted by molar-refractivity contribution is 7.15. The minimum atomic E-state index is -1.26. The van der Waals surface area contributed by atoms with Crippen LogP contribution in [0.2, 0.25) is 0 Å². The number of carboxylic acids is 1. The van der Waals surface area contributed by atoms with Gasteiger partial charge in [0.25, 0.3) is 0 Å². The molecule has 1 aromatic heterocycles. The highest BCUT2D eigenvalue weighted by atomic mass is 32.1. The zero-order valence-electron chi connectivity index (χ0n) is 19.3. The first-order valence-corrected chi connectivity index (χ1v) is 11.8. The first kappa shape index (κ1) is 22.2. The first-order chi connectivity index (χ1) is 16.2. The third-order valence-corrected chi connectivity index (χ3v) is 8.08. The van der Waals surface area contributed by atoms with E-state index in [1.807, 2.05) is 18.2 Å². The van der Waals surface area contributed by atoms with Crippen molar-refractivity contribution < 1.29 is 24.2 Å². The molecule has 2 aliphatic rings. The molecule has 34 heavy (non-hydrogen) atoms. The summed E-state index contributed by atoms with van der Waals surface area (Å²) < 4.78 is 5.23. The Morgan fingerprint density at radius 3 is 2.50 bits per heavy atom. The van der Waals surface area contributed by atoms with Gasteiger partial charge < -0.3 is 20.1 Å². The standard InChI is InChI=1S/C26H24N2O5S/c1-13(2)15-7-10-18-17(11-15)26(25(32)28(18)3)12-19(29)27-21-20(22(24(30)31)34-23(21)26)14-5-8-16(33-4)9-6-14/h5-11,13H,12H2,1-4H3,(H,27,29)(H,30,31). The fraction of sp³-hybridized carbons (Fsp3) is 0.269. The molecule has 1 atom stereocenters. The molecule has 1 unspecified atom stereocenters. The number of methoxy groups -OCH3 is 1. The molecule has 3 aromatic rings. The van der Waals surface area contributed by atoms with Crippen molar-refractivity contribution in [3.05, 3.63) is 63.3 Å². The number of thiophene rings is 1. The number of likely N-dealkylation sites (N-methyl/N-ethyl adjacent to an activating group) is 1. The van der Waals surface area contributed by atoms with Crippen molar-refractivity contribution in [3.63, 3.8) is 0 Å². The minimum absolute atomic E-state index is 0.0701. The Kier molecular flexibility index (Phi) is 5.02. The van der Waals surface area contributed by atoms with Gasteiger partial charge in [0.2, 0.25) is 11.8 Å². The molecule has 174 valence electrons. The number of fused-ring (bicyclic) bond motifs is 4. The molecule has 2 N–H and O–H groups in total. The fourth-order valence-corrected chi connectivity index (χ4v) is 6.30. The van der Waals surface area contributed by atoms with Crippen molar-refractivity contribution >= 4 is 40.5 Å². The average molecular weight is 477 g/mol. The van der Waals surface area contributed by atoms with Gasteiger partial charge in [-0.3, -0.25) is 9.59 Å². The molecule has 1 spiro atoms. The van der Waals surface area contributed by atoms with E-state index in [1.165, 1.54) is 0 Å². The third-order valence-electron chi connectivity index (χ3n) is 6.74. The van der Waals surface area contributed by atoms with Crippen molar-refractivity contribution in [1.82, 2.24) is 0 Å². The van der Waals surface area contributed by atoms with Crippen molar-refractivity contribution in [1.29, 1.82) is 0 Å². The Bertz CT molecular complexity index is 1360. The van der Waals surface area contributed by atoms with E-state index >= 15 is 0 Å². The highest BCUT2D eigenvalue weighted by Crippen LogP contribution is 2.57. The molecule has 0 bridgehead atoms. The van der Waals surface area contributed by atoms with E-state index < -0.39 is 11.4 Å². The summed E-state index contributed by atoms with van der Waals surface area (Å²) in [7, 11) is 3.26. The van der Waals surface area contributed by atoms with Gasteiger partial charge in [0.15, 0.2) is 0 Å². The maximum atomic E-state index is 13.8. The Morgan fingerprint density at radius 2 is 1.88 bits per heavy atom. The summed E-state index contributed by atoms with van der Waals surface area (Å²) in [5.41, 5.74) is 2.72. The maximum Gasteiger partial charge on any atom is 0.346 e. The summed E-state index contributed by atoms with van der Waals surface area (Å²) in [5, 5.41) is 13.0. The molecular formula is C26H24N2O5S. The van der Waals surface area contributed by atoms with Crippen molar-refractivity contribution in [3.8, 4) is 16.9 Å². The van der Waals surface area contributed by atoms with Gasteiger partial charge in [-0.15, -0.1) is 11.3 Å². The number of anilines is 2. The maximum absolute atomic E-state index is 13.8. The number of benzene rings is 2. The number of carboxylic acid groups (broad SMARTS) is 1. The lowest BCUT2D eigenvalue weighted by Gasteiger charge is -2.32. The summed E-state index contributed by atoms with van der Waals surface area (Å²) in [6, 6.07) is 12.9. The minimum Gasteiger partial charge on any atom is -0.497 e. The number of hydrogen-bond donors (Lipinski definition) is 2. The normalized spacial score (nSPS) is 18.8. The van der Waals surface area contributed by atoms with Crippen LogP contribution in [0, 0.1) is 0 Å². The quantitative estimate of drug-likeness (QED) is 0.561.